The zero-order valence-electron chi connectivity index (χ0n) is 23.8. The number of aryl methyl sites for hydroxylation is 1. The number of para-hydroxylation sites is 1. The molecule has 0 saturated carbocycles. The lowest BCUT2D eigenvalue weighted by atomic mass is 9.91. The lowest BCUT2D eigenvalue weighted by Crippen LogP contribution is -2.67. The summed E-state index contributed by atoms with van der Waals surface area (Å²) in [7, 11) is 0. The number of Topliss-reactive ketones (excluding diaryl/α,β-unsaturated/α-hetero) is 1. The number of rotatable bonds is 9. The molecule has 43 heavy (non-hydrogen) atoms. The Hall–Kier alpha value is -4.67. The summed E-state index contributed by atoms with van der Waals surface area (Å²) in [5.41, 5.74) is 17.7. The van der Waals surface area contributed by atoms with E-state index in [1.165, 1.54) is 23.4 Å². The van der Waals surface area contributed by atoms with Gasteiger partial charge >= 0.3 is 0 Å². The Labute approximate surface area is 248 Å². The van der Waals surface area contributed by atoms with Crippen LogP contribution in [0.3, 0.4) is 0 Å². The quantitative estimate of drug-likeness (QED) is 0.195. The van der Waals surface area contributed by atoms with Crippen molar-refractivity contribution < 1.29 is 18.7 Å². The van der Waals surface area contributed by atoms with E-state index in [0.717, 1.165) is 36.3 Å². The van der Waals surface area contributed by atoms with Crippen molar-refractivity contribution in [3.63, 3.8) is 0 Å². The minimum Gasteiger partial charge on any atom is -0.490 e. The number of nitrogens with one attached hydrogen (secondary N) is 1. The zero-order chi connectivity index (χ0) is 29.7. The normalized spacial score (nSPS) is 19.0. The predicted molar refractivity (Wildman–Crippen MR) is 163 cm³/mol. The number of halogens is 1. The van der Waals surface area contributed by atoms with Crippen LogP contribution in [0.5, 0.6) is 17.2 Å². The summed E-state index contributed by atoms with van der Waals surface area (Å²) in [5.74, 6) is 0.857. The van der Waals surface area contributed by atoms with Gasteiger partial charge in [-0.2, -0.15) is 5.10 Å². The predicted octanol–water partition coefficient (Wildman–Crippen LogP) is 4.52. The summed E-state index contributed by atoms with van der Waals surface area (Å²) < 4.78 is 27.3. The third-order valence-electron chi connectivity index (χ3n) is 8.45. The average molecular weight is 581 g/mol. The van der Waals surface area contributed by atoms with E-state index in [4.69, 9.17) is 20.9 Å². The minimum atomic E-state index is -0.444. The van der Waals surface area contributed by atoms with E-state index in [9.17, 15) is 9.18 Å². The topological polar surface area (TPSA) is 121 Å². The van der Waals surface area contributed by atoms with E-state index in [-0.39, 0.29) is 17.4 Å². The number of carbonyl (C=O) groups is 1. The molecule has 3 aromatic carbocycles. The first-order valence-electron chi connectivity index (χ1n) is 14.5. The maximum atomic E-state index is 14.0. The highest BCUT2D eigenvalue weighted by molar-refractivity contribution is 6.15. The van der Waals surface area contributed by atoms with E-state index in [2.05, 4.69) is 15.3 Å². The molecule has 5 N–H and O–H groups in total. The van der Waals surface area contributed by atoms with E-state index in [1.54, 1.807) is 36.4 Å². The van der Waals surface area contributed by atoms with Gasteiger partial charge in [-0.3, -0.25) is 9.69 Å². The summed E-state index contributed by atoms with van der Waals surface area (Å²) in [6.07, 6.45) is 5.10. The number of aromatic nitrogens is 2. The van der Waals surface area contributed by atoms with Gasteiger partial charge < -0.3 is 26.3 Å². The van der Waals surface area contributed by atoms with Crippen molar-refractivity contribution in [3.8, 4) is 22.9 Å². The molecule has 4 aromatic rings. The Morgan fingerprint density at radius 2 is 1.88 bits per heavy atom. The number of nitrogen functional groups attached to an aromatic ring is 2. The van der Waals surface area contributed by atoms with E-state index < -0.39 is 5.82 Å². The summed E-state index contributed by atoms with van der Waals surface area (Å²) in [6, 6.07) is 16.5. The third-order valence-corrected chi connectivity index (χ3v) is 8.45. The molecule has 3 fully saturated rings. The molecule has 4 heterocycles. The minimum absolute atomic E-state index is 0.138. The number of fused-ring (bicyclic) bond motifs is 3. The molecule has 2 atom stereocenters. The van der Waals surface area contributed by atoms with Crippen LogP contribution in [-0.2, 0) is 6.42 Å². The van der Waals surface area contributed by atoms with Gasteiger partial charge in [0.1, 0.15) is 23.9 Å². The second kappa shape index (κ2) is 10.9. The summed E-state index contributed by atoms with van der Waals surface area (Å²) >= 11 is 0. The Balaban J connectivity index is 1.04. The largest absolute Gasteiger partial charge is 0.490 e. The lowest BCUT2D eigenvalue weighted by molar-refractivity contribution is 0.0675. The van der Waals surface area contributed by atoms with Crippen molar-refractivity contribution in [1.82, 2.24) is 20.0 Å². The molecule has 2 bridgehead atoms. The number of hydrogen-bond acceptors (Lipinski definition) is 8. The molecule has 0 radical (unpaired) electrons. The van der Waals surface area contributed by atoms with Gasteiger partial charge in [-0.15, -0.1) is 0 Å². The Morgan fingerprint density at radius 3 is 2.65 bits per heavy atom. The van der Waals surface area contributed by atoms with Crippen LogP contribution in [-0.4, -0.2) is 58.8 Å². The van der Waals surface area contributed by atoms with E-state index in [1.807, 2.05) is 25.1 Å². The maximum Gasteiger partial charge on any atom is 0.194 e. The molecule has 220 valence electrons. The maximum absolute atomic E-state index is 14.0. The van der Waals surface area contributed by atoms with Gasteiger partial charge in [0.05, 0.1) is 23.1 Å². The molecule has 9 nitrogen and oxygen atoms in total. The fourth-order valence-corrected chi connectivity index (χ4v) is 6.21. The van der Waals surface area contributed by atoms with E-state index in [0.29, 0.717) is 59.1 Å². The standard InChI is InChI=1S/C33H33FN6O3/c1-19-10-25(43-30-5-3-2-4-27(30)34)6-7-29(19)40-33(36)26(16-37-40)32(41)22-11-20-13-28(35)31(14-21(20)12-22)42-9-8-39-17-23-15-24(18-39)38-23/h2-7,10,12-14,16,23-24,38H,8-9,11,15,17-18,35-36H2,1H3. The van der Waals surface area contributed by atoms with Crippen molar-refractivity contribution in [2.75, 3.05) is 37.7 Å². The molecular weight excluding hydrogens is 547 g/mol. The lowest BCUT2D eigenvalue weighted by Gasteiger charge is -2.48. The van der Waals surface area contributed by atoms with Crippen LogP contribution in [0.1, 0.15) is 33.5 Å². The number of ketones is 1. The molecule has 10 heteroatoms. The first-order valence-corrected chi connectivity index (χ1v) is 14.5. The van der Waals surface area contributed by atoms with E-state index >= 15 is 0 Å². The number of benzene rings is 3. The Morgan fingerprint density at radius 1 is 1.09 bits per heavy atom. The van der Waals surface area contributed by atoms with Gasteiger partial charge in [-0.1, -0.05) is 12.1 Å². The molecule has 0 spiro atoms. The Bertz CT molecular complexity index is 1750. The van der Waals surface area contributed by atoms with Crippen molar-refractivity contribution in [2.45, 2.75) is 31.8 Å². The second-order valence-electron chi connectivity index (χ2n) is 11.5. The SMILES string of the molecule is Cc1cc(Oc2ccccc2F)ccc1-n1ncc(C(=O)C2=Cc3cc(OCCN4CC5CC(C4)N5)c(N)cc3C2)c1N. The highest BCUT2D eigenvalue weighted by Crippen LogP contribution is 2.35. The molecular formula is C33H33FN6O3. The molecule has 1 aliphatic carbocycles. The van der Waals surface area contributed by atoms with Gasteiger partial charge in [0.25, 0.3) is 0 Å². The number of piperazine rings is 1. The fourth-order valence-electron chi connectivity index (χ4n) is 6.21. The number of piperidine rings is 1. The van der Waals surface area contributed by atoms with Crippen LogP contribution in [0.25, 0.3) is 11.8 Å². The molecule has 4 aliphatic rings. The van der Waals surface area contributed by atoms with Gasteiger partial charge in [0.2, 0.25) is 0 Å². The van der Waals surface area contributed by atoms with Crippen LogP contribution < -0.4 is 26.3 Å². The molecule has 3 saturated heterocycles. The molecule has 1 aromatic heterocycles. The van der Waals surface area contributed by atoms with Crippen LogP contribution >= 0.6 is 0 Å². The van der Waals surface area contributed by atoms with Gasteiger partial charge in [0.15, 0.2) is 17.3 Å². The smallest absolute Gasteiger partial charge is 0.194 e. The van der Waals surface area contributed by atoms with Gasteiger partial charge in [-0.05, 0) is 78.6 Å². The van der Waals surface area contributed by atoms with Gasteiger partial charge in [-0.25, -0.2) is 9.07 Å². The first kappa shape index (κ1) is 27.2. The number of nitrogens with zero attached hydrogens (tertiary/aromatic N) is 3. The van der Waals surface area contributed by atoms with Crippen LogP contribution in [0.2, 0.25) is 0 Å². The average Bonchev–Trinajstić information content (AvgIpc) is 3.57. The number of ether oxygens (including phenoxy) is 2. The number of allylic oxidation sites excluding steroid dienone is 1. The zero-order valence-corrected chi connectivity index (χ0v) is 23.8. The number of hydrogen-bond donors (Lipinski definition) is 3. The summed E-state index contributed by atoms with van der Waals surface area (Å²) in [5, 5.41) is 7.96. The Kier molecular flexibility index (Phi) is 6.87. The first-order chi connectivity index (χ1) is 20.8. The summed E-state index contributed by atoms with van der Waals surface area (Å²) in [6.45, 7) is 5.40. The van der Waals surface area contributed by atoms with Crippen molar-refractivity contribution in [2.24, 2.45) is 0 Å². The molecule has 0 amide bonds. The van der Waals surface area contributed by atoms with Crippen molar-refractivity contribution >= 4 is 23.4 Å². The van der Waals surface area contributed by atoms with Crippen molar-refractivity contribution in [3.05, 3.63) is 94.4 Å². The highest BCUT2D eigenvalue weighted by Gasteiger charge is 2.36. The number of anilines is 2. The molecule has 2 unspecified atom stereocenters. The molecule has 8 rings (SSSR count). The van der Waals surface area contributed by atoms with Crippen LogP contribution in [0, 0.1) is 12.7 Å². The van der Waals surface area contributed by atoms with Crippen LogP contribution in [0.4, 0.5) is 15.9 Å². The summed E-state index contributed by atoms with van der Waals surface area (Å²) in [4.78, 5) is 16.0. The monoisotopic (exact) mass is 580 g/mol. The second-order valence-corrected chi connectivity index (χ2v) is 11.5. The fraction of sp³-hybridized carbons (Fsp3) is 0.273. The van der Waals surface area contributed by atoms with Gasteiger partial charge in [0, 0.05) is 43.7 Å². The van der Waals surface area contributed by atoms with Crippen molar-refractivity contribution in [1.29, 1.82) is 0 Å². The number of nitrogens with two attached hydrogens (primary N) is 2. The highest BCUT2D eigenvalue weighted by atomic mass is 19.1. The number of carbonyl (C=O) groups excluding carboxylic acids is 1. The molecule has 3 aliphatic heterocycles. The van der Waals surface area contributed by atoms with Crippen LogP contribution in [0.15, 0.2) is 66.4 Å². The third kappa shape index (κ3) is 5.24.